The molecule has 0 spiro atoms. The van der Waals surface area contributed by atoms with Crippen LogP contribution in [0.25, 0.3) is 0 Å². The predicted molar refractivity (Wildman–Crippen MR) is 72.7 cm³/mol. The van der Waals surface area contributed by atoms with E-state index in [0.29, 0.717) is 0 Å². The maximum absolute atomic E-state index is 11.5. The van der Waals surface area contributed by atoms with Gasteiger partial charge in [-0.05, 0) is 32.1 Å². The van der Waals surface area contributed by atoms with Crippen molar-refractivity contribution in [2.45, 2.75) is 39.2 Å². The largest absolute Gasteiger partial charge is 0.370 e. The van der Waals surface area contributed by atoms with Crippen molar-refractivity contribution in [3.05, 3.63) is 17.6 Å². The van der Waals surface area contributed by atoms with Gasteiger partial charge in [0.2, 0.25) is 5.91 Å². The van der Waals surface area contributed by atoms with Gasteiger partial charge in [0.05, 0.1) is 11.7 Å². The summed E-state index contributed by atoms with van der Waals surface area (Å²) >= 11 is 0. The fraction of sp³-hybridized carbons (Fsp3) is 0.643. The average molecular weight is 260 g/mol. The van der Waals surface area contributed by atoms with Crippen molar-refractivity contribution in [3.8, 4) is 0 Å². The Morgan fingerprint density at radius 2 is 2.21 bits per heavy atom. The van der Waals surface area contributed by atoms with Crippen molar-refractivity contribution in [1.82, 2.24) is 14.9 Å². The molecule has 102 valence electrons. The number of hydrogen-bond acceptors (Lipinski definition) is 4. The first kappa shape index (κ1) is 12.4. The zero-order valence-electron chi connectivity index (χ0n) is 11.5. The molecule has 1 N–H and O–H groups in total. The van der Waals surface area contributed by atoms with Gasteiger partial charge in [-0.1, -0.05) is 0 Å². The Morgan fingerprint density at radius 1 is 1.42 bits per heavy atom. The van der Waals surface area contributed by atoms with Crippen molar-refractivity contribution < 1.29 is 4.79 Å². The molecule has 0 unspecified atom stereocenters. The zero-order valence-corrected chi connectivity index (χ0v) is 11.5. The summed E-state index contributed by atoms with van der Waals surface area (Å²) < 4.78 is 0. The molecule has 0 bridgehead atoms. The molecule has 2 fully saturated rings. The van der Waals surface area contributed by atoms with E-state index in [-0.39, 0.29) is 11.9 Å². The number of aryl methyl sites for hydroxylation is 1. The Morgan fingerprint density at radius 3 is 2.79 bits per heavy atom. The fourth-order valence-corrected chi connectivity index (χ4v) is 2.49. The molecule has 1 aliphatic carbocycles. The highest BCUT2D eigenvalue weighted by Gasteiger charge is 2.32. The normalized spacial score (nSPS) is 22.0. The highest BCUT2D eigenvalue weighted by molar-refractivity contribution is 5.74. The van der Waals surface area contributed by atoms with E-state index in [4.69, 9.17) is 0 Å². The van der Waals surface area contributed by atoms with Crippen LogP contribution in [0.1, 0.15) is 43.7 Å². The molecule has 3 rings (SSSR count). The van der Waals surface area contributed by atoms with Crippen LogP contribution in [0.3, 0.4) is 0 Å². The lowest BCUT2D eigenvalue weighted by molar-refractivity contribution is -0.136. The first-order chi connectivity index (χ1) is 9.13. The highest BCUT2D eigenvalue weighted by atomic mass is 16.2. The number of nitrogens with zero attached hydrogens (tertiary/aromatic N) is 3. The van der Waals surface area contributed by atoms with Crippen molar-refractivity contribution >= 4 is 11.7 Å². The maximum atomic E-state index is 11.5. The number of amides is 1. The van der Waals surface area contributed by atoms with E-state index in [1.807, 2.05) is 17.9 Å². The number of nitrogens with one attached hydrogen (secondary N) is 1. The smallest absolute Gasteiger partial charge is 0.220 e. The summed E-state index contributed by atoms with van der Waals surface area (Å²) in [7, 11) is 0. The molecule has 5 nitrogen and oxygen atoms in total. The lowest BCUT2D eigenvalue weighted by Crippen LogP contribution is -2.44. The van der Waals surface area contributed by atoms with Crippen molar-refractivity contribution in [1.29, 1.82) is 0 Å². The topological polar surface area (TPSA) is 58.1 Å². The van der Waals surface area contributed by atoms with Crippen molar-refractivity contribution in [2.75, 3.05) is 18.4 Å². The standard InChI is InChI=1S/C14H20N4O/c1-9-16-12(13-5-6-18(13)10(2)19)7-14(17-9)15-8-11-3-4-11/h7,11,13H,3-6,8H2,1-2H3,(H,15,16,17)/t13-/m1/s1. The second kappa shape index (κ2) is 4.79. The molecule has 1 saturated carbocycles. The summed E-state index contributed by atoms with van der Waals surface area (Å²) in [6.45, 7) is 5.36. The lowest BCUT2D eigenvalue weighted by atomic mass is 9.99. The third kappa shape index (κ3) is 2.69. The van der Waals surface area contributed by atoms with Gasteiger partial charge in [0, 0.05) is 26.1 Å². The van der Waals surface area contributed by atoms with Crippen LogP contribution in [0, 0.1) is 12.8 Å². The predicted octanol–water partition coefficient (Wildman–Crippen LogP) is 1.90. The van der Waals surface area contributed by atoms with Crippen LogP contribution in [0.4, 0.5) is 5.82 Å². The first-order valence-electron chi connectivity index (χ1n) is 7.00. The molecule has 0 radical (unpaired) electrons. The van der Waals surface area contributed by atoms with Gasteiger partial charge in [-0.25, -0.2) is 9.97 Å². The number of hydrogen-bond donors (Lipinski definition) is 1. The summed E-state index contributed by atoms with van der Waals surface area (Å²) in [5, 5.41) is 3.38. The van der Waals surface area contributed by atoms with E-state index >= 15 is 0 Å². The molecule has 1 aromatic heterocycles. The van der Waals surface area contributed by atoms with Crippen LogP contribution >= 0.6 is 0 Å². The minimum Gasteiger partial charge on any atom is -0.370 e. The van der Waals surface area contributed by atoms with E-state index in [1.54, 1.807) is 6.92 Å². The minimum atomic E-state index is 0.125. The van der Waals surface area contributed by atoms with Crippen molar-refractivity contribution in [2.24, 2.45) is 5.92 Å². The number of anilines is 1. The summed E-state index contributed by atoms with van der Waals surface area (Å²) in [6.07, 6.45) is 3.65. The van der Waals surface area contributed by atoms with Crippen molar-refractivity contribution in [3.63, 3.8) is 0 Å². The fourth-order valence-electron chi connectivity index (χ4n) is 2.49. The van der Waals surface area contributed by atoms with Gasteiger partial charge in [0.15, 0.2) is 0 Å². The van der Waals surface area contributed by atoms with E-state index in [2.05, 4.69) is 15.3 Å². The number of likely N-dealkylation sites (tertiary alicyclic amines) is 1. The lowest BCUT2D eigenvalue weighted by Gasteiger charge is -2.40. The molecule has 0 aromatic carbocycles. The van der Waals surface area contributed by atoms with Crippen LogP contribution in [-0.4, -0.2) is 33.9 Å². The molecule has 1 aliphatic heterocycles. The molecular formula is C14H20N4O. The summed E-state index contributed by atoms with van der Waals surface area (Å²) in [6, 6.07) is 2.13. The monoisotopic (exact) mass is 260 g/mol. The number of rotatable bonds is 4. The van der Waals surface area contributed by atoms with Gasteiger partial charge in [-0.2, -0.15) is 0 Å². The minimum absolute atomic E-state index is 0.125. The number of aromatic nitrogens is 2. The molecule has 2 heterocycles. The summed E-state index contributed by atoms with van der Waals surface area (Å²) in [5.41, 5.74) is 0.965. The van der Waals surface area contributed by atoms with Gasteiger partial charge < -0.3 is 10.2 Å². The van der Waals surface area contributed by atoms with Crippen LogP contribution in [0.2, 0.25) is 0 Å². The third-order valence-electron chi connectivity index (χ3n) is 3.89. The SMILES string of the molecule is CC(=O)N1CC[C@@H]1c1cc(NCC2CC2)nc(C)n1. The average Bonchev–Trinajstić information content (AvgIpc) is 3.06. The van der Waals surface area contributed by atoms with E-state index in [1.165, 1.54) is 12.8 Å². The Hall–Kier alpha value is -1.65. The molecule has 1 aromatic rings. The molecule has 1 atom stereocenters. The van der Waals surface area contributed by atoms with Gasteiger partial charge in [0.1, 0.15) is 11.6 Å². The Kier molecular flexibility index (Phi) is 3.12. The highest BCUT2D eigenvalue weighted by Crippen LogP contribution is 2.33. The zero-order chi connectivity index (χ0) is 13.4. The maximum Gasteiger partial charge on any atom is 0.220 e. The summed E-state index contributed by atoms with van der Waals surface area (Å²) in [5.74, 6) is 2.60. The van der Waals surface area contributed by atoms with Crippen LogP contribution in [-0.2, 0) is 4.79 Å². The Bertz CT molecular complexity index is 498. The summed E-state index contributed by atoms with van der Waals surface area (Å²) in [4.78, 5) is 22.2. The second-order valence-electron chi connectivity index (χ2n) is 5.57. The van der Waals surface area contributed by atoms with E-state index in [0.717, 1.165) is 42.8 Å². The molecule has 19 heavy (non-hydrogen) atoms. The molecule has 1 saturated heterocycles. The van der Waals surface area contributed by atoms with Crippen LogP contribution in [0.5, 0.6) is 0 Å². The quantitative estimate of drug-likeness (QED) is 0.898. The van der Waals surface area contributed by atoms with E-state index < -0.39 is 0 Å². The Balaban J connectivity index is 1.74. The van der Waals surface area contributed by atoms with Gasteiger partial charge >= 0.3 is 0 Å². The number of carbonyl (C=O) groups is 1. The Labute approximate surface area is 113 Å². The van der Waals surface area contributed by atoms with Gasteiger partial charge in [-0.15, -0.1) is 0 Å². The van der Waals surface area contributed by atoms with Crippen LogP contribution in [0.15, 0.2) is 6.07 Å². The molecule has 5 heteroatoms. The number of carbonyl (C=O) groups excluding carboxylic acids is 1. The van der Waals surface area contributed by atoms with Gasteiger partial charge in [0.25, 0.3) is 0 Å². The third-order valence-corrected chi connectivity index (χ3v) is 3.89. The molecule has 1 amide bonds. The first-order valence-corrected chi connectivity index (χ1v) is 7.00. The second-order valence-corrected chi connectivity index (χ2v) is 5.57. The molecule has 2 aliphatic rings. The van der Waals surface area contributed by atoms with Crippen LogP contribution < -0.4 is 5.32 Å². The molecular weight excluding hydrogens is 240 g/mol. The van der Waals surface area contributed by atoms with Gasteiger partial charge in [-0.3, -0.25) is 4.79 Å². The van der Waals surface area contributed by atoms with E-state index in [9.17, 15) is 4.79 Å².